The number of fused-ring (bicyclic) bond motifs is 1. The Bertz CT molecular complexity index is 821. The van der Waals surface area contributed by atoms with Crippen molar-refractivity contribution in [2.24, 2.45) is 0 Å². The Balaban J connectivity index is 1.60. The zero-order valence-corrected chi connectivity index (χ0v) is 13.9. The van der Waals surface area contributed by atoms with Crippen LogP contribution in [0.3, 0.4) is 0 Å². The van der Waals surface area contributed by atoms with E-state index in [0.29, 0.717) is 17.3 Å². The Labute approximate surface area is 145 Å². The molecule has 2 heterocycles. The van der Waals surface area contributed by atoms with Crippen molar-refractivity contribution in [3.8, 4) is 0 Å². The molecule has 0 saturated carbocycles. The molecule has 0 bridgehead atoms. The Morgan fingerprint density at radius 1 is 0.958 bits per heavy atom. The molecule has 0 radical (unpaired) electrons. The zero-order valence-electron chi connectivity index (χ0n) is 13.1. The minimum atomic E-state index is -0.401. The molecule has 0 N–H and O–H groups in total. The number of hydrogen-bond acceptors (Lipinski definition) is 3. The molecule has 1 fully saturated rings. The van der Waals surface area contributed by atoms with E-state index < -0.39 is 6.04 Å². The number of halogens is 1. The molecule has 2 aliphatic rings. The molecule has 24 heavy (non-hydrogen) atoms. The van der Waals surface area contributed by atoms with Crippen molar-refractivity contribution >= 4 is 29.1 Å². The summed E-state index contributed by atoms with van der Waals surface area (Å²) in [6, 6.07) is 14.9. The highest BCUT2D eigenvalue weighted by Gasteiger charge is 2.43. The fraction of sp³-hybridized carbons (Fsp3) is 0.263. The molecule has 0 unspecified atom stereocenters. The first-order valence-electron chi connectivity index (χ1n) is 8.07. The maximum atomic E-state index is 12.9. The third-order valence-electron chi connectivity index (χ3n) is 4.82. The molecular formula is C19H17ClN2O2. The normalized spacial score (nSPS) is 21.2. The summed E-state index contributed by atoms with van der Waals surface area (Å²) in [6.45, 7) is 1.49. The van der Waals surface area contributed by atoms with Gasteiger partial charge in [-0.15, -0.1) is 0 Å². The molecule has 4 rings (SSSR count). The van der Waals surface area contributed by atoms with E-state index in [4.69, 9.17) is 11.6 Å². The zero-order chi connectivity index (χ0) is 16.7. The number of carbonyl (C=O) groups excluding carboxylic acids is 2. The number of hydrogen-bond donors (Lipinski definition) is 0. The second-order valence-corrected chi connectivity index (χ2v) is 6.64. The third-order valence-corrected chi connectivity index (χ3v) is 5.14. The highest BCUT2D eigenvalue weighted by atomic mass is 35.5. The molecule has 122 valence electrons. The second-order valence-electron chi connectivity index (χ2n) is 6.23. The smallest absolute Gasteiger partial charge is 0.251 e. The lowest BCUT2D eigenvalue weighted by Crippen LogP contribution is -2.44. The van der Waals surface area contributed by atoms with Gasteiger partial charge < -0.3 is 0 Å². The van der Waals surface area contributed by atoms with E-state index in [1.165, 1.54) is 16.0 Å². The van der Waals surface area contributed by atoms with Gasteiger partial charge in [-0.25, -0.2) is 4.90 Å². The summed E-state index contributed by atoms with van der Waals surface area (Å²) in [4.78, 5) is 28.7. The van der Waals surface area contributed by atoms with Crippen LogP contribution >= 0.6 is 11.6 Å². The van der Waals surface area contributed by atoms with Gasteiger partial charge >= 0.3 is 0 Å². The maximum Gasteiger partial charge on any atom is 0.251 e. The van der Waals surface area contributed by atoms with Crippen LogP contribution in [0.5, 0.6) is 0 Å². The Morgan fingerprint density at radius 2 is 1.67 bits per heavy atom. The van der Waals surface area contributed by atoms with Crippen LogP contribution in [0.1, 0.15) is 17.5 Å². The summed E-state index contributed by atoms with van der Waals surface area (Å²) < 4.78 is 0. The fourth-order valence-corrected chi connectivity index (χ4v) is 3.79. The molecule has 2 aromatic rings. The average Bonchev–Trinajstić information content (AvgIpc) is 2.90. The molecule has 4 nitrogen and oxygen atoms in total. The van der Waals surface area contributed by atoms with Crippen molar-refractivity contribution in [2.45, 2.75) is 25.4 Å². The Kier molecular flexibility index (Phi) is 3.87. The SMILES string of the molecule is O=C1C[C@H](N2CCc3ccccc3C2)C(=O)N1c1ccccc1Cl. The Hall–Kier alpha value is -2.17. The van der Waals surface area contributed by atoms with E-state index in [9.17, 15) is 9.59 Å². The van der Waals surface area contributed by atoms with E-state index in [2.05, 4.69) is 17.0 Å². The maximum absolute atomic E-state index is 12.9. The first kappa shape index (κ1) is 15.4. The first-order valence-corrected chi connectivity index (χ1v) is 8.45. The van der Waals surface area contributed by atoms with Crippen LogP contribution < -0.4 is 4.90 Å². The summed E-state index contributed by atoms with van der Waals surface area (Å²) in [5, 5.41) is 0.420. The summed E-state index contributed by atoms with van der Waals surface area (Å²) in [7, 11) is 0. The number of carbonyl (C=O) groups is 2. The van der Waals surface area contributed by atoms with Gasteiger partial charge in [0, 0.05) is 13.1 Å². The fourth-order valence-electron chi connectivity index (χ4n) is 3.57. The second kappa shape index (κ2) is 6.04. The summed E-state index contributed by atoms with van der Waals surface area (Å²) in [5.74, 6) is -0.357. The highest BCUT2D eigenvalue weighted by Crippen LogP contribution is 2.32. The van der Waals surface area contributed by atoms with Crippen molar-refractivity contribution in [1.29, 1.82) is 0 Å². The van der Waals surface area contributed by atoms with Gasteiger partial charge in [0.05, 0.1) is 23.2 Å². The summed E-state index contributed by atoms with van der Waals surface area (Å²) >= 11 is 6.18. The van der Waals surface area contributed by atoms with Crippen LogP contribution in [0.4, 0.5) is 5.69 Å². The summed E-state index contributed by atoms with van der Waals surface area (Å²) in [6.07, 6.45) is 1.12. The van der Waals surface area contributed by atoms with Crippen molar-refractivity contribution < 1.29 is 9.59 Å². The number of para-hydroxylation sites is 1. The van der Waals surface area contributed by atoms with Gasteiger partial charge in [-0.05, 0) is 29.7 Å². The van der Waals surface area contributed by atoms with E-state index in [1.54, 1.807) is 24.3 Å². The number of rotatable bonds is 2. The monoisotopic (exact) mass is 340 g/mol. The number of amides is 2. The highest BCUT2D eigenvalue weighted by molar-refractivity contribution is 6.36. The first-order chi connectivity index (χ1) is 11.6. The lowest BCUT2D eigenvalue weighted by molar-refractivity contribution is -0.123. The van der Waals surface area contributed by atoms with E-state index in [0.717, 1.165) is 13.0 Å². The van der Waals surface area contributed by atoms with Crippen molar-refractivity contribution in [3.63, 3.8) is 0 Å². The van der Waals surface area contributed by atoms with Crippen molar-refractivity contribution in [3.05, 3.63) is 64.7 Å². The standard InChI is InChI=1S/C19H17ClN2O2/c20-15-7-3-4-8-16(15)22-18(23)11-17(19(22)24)21-10-9-13-5-1-2-6-14(13)12-21/h1-8,17H,9-12H2/t17-/m0/s1. The van der Waals surface area contributed by atoms with Gasteiger partial charge in [0.1, 0.15) is 0 Å². The molecule has 0 aliphatic carbocycles. The van der Waals surface area contributed by atoms with E-state index in [-0.39, 0.29) is 18.2 Å². The lowest BCUT2D eigenvalue weighted by Gasteiger charge is -2.32. The van der Waals surface area contributed by atoms with Gasteiger partial charge in [-0.2, -0.15) is 0 Å². The molecule has 2 amide bonds. The van der Waals surface area contributed by atoms with Crippen LogP contribution in [-0.4, -0.2) is 29.3 Å². The van der Waals surface area contributed by atoms with Crippen LogP contribution in [0.25, 0.3) is 0 Å². The topological polar surface area (TPSA) is 40.6 Å². The van der Waals surface area contributed by atoms with Gasteiger partial charge in [-0.3, -0.25) is 14.5 Å². The van der Waals surface area contributed by atoms with Crippen LogP contribution in [0.2, 0.25) is 5.02 Å². The molecule has 2 aliphatic heterocycles. The predicted octanol–water partition coefficient (Wildman–Crippen LogP) is 3.03. The largest absolute Gasteiger partial charge is 0.287 e. The van der Waals surface area contributed by atoms with Crippen LogP contribution in [0.15, 0.2) is 48.5 Å². The van der Waals surface area contributed by atoms with Crippen molar-refractivity contribution in [1.82, 2.24) is 4.90 Å². The van der Waals surface area contributed by atoms with Gasteiger partial charge in [0.25, 0.3) is 5.91 Å². The minimum Gasteiger partial charge on any atom is -0.287 e. The molecular weight excluding hydrogens is 324 g/mol. The number of anilines is 1. The molecule has 1 atom stereocenters. The van der Waals surface area contributed by atoms with Crippen molar-refractivity contribution in [2.75, 3.05) is 11.4 Å². The average molecular weight is 341 g/mol. The van der Waals surface area contributed by atoms with Crippen LogP contribution in [0, 0.1) is 0 Å². The molecule has 1 saturated heterocycles. The number of benzene rings is 2. The minimum absolute atomic E-state index is 0.174. The predicted molar refractivity (Wildman–Crippen MR) is 92.9 cm³/mol. The quantitative estimate of drug-likeness (QED) is 0.789. The lowest BCUT2D eigenvalue weighted by atomic mass is 9.98. The number of nitrogens with zero attached hydrogens (tertiary/aromatic N) is 2. The molecule has 0 spiro atoms. The van der Waals surface area contributed by atoms with E-state index >= 15 is 0 Å². The third kappa shape index (κ3) is 2.52. The van der Waals surface area contributed by atoms with Crippen LogP contribution in [-0.2, 0) is 22.6 Å². The van der Waals surface area contributed by atoms with E-state index in [1.807, 2.05) is 12.1 Å². The summed E-state index contributed by atoms with van der Waals surface area (Å²) in [5.41, 5.74) is 3.04. The van der Waals surface area contributed by atoms with Gasteiger partial charge in [0.15, 0.2) is 0 Å². The molecule has 0 aromatic heterocycles. The number of imide groups is 1. The molecule has 2 aromatic carbocycles. The van der Waals surface area contributed by atoms with Gasteiger partial charge in [0.2, 0.25) is 5.91 Å². The van der Waals surface area contributed by atoms with Gasteiger partial charge in [-0.1, -0.05) is 48.0 Å². The Morgan fingerprint density at radius 3 is 2.46 bits per heavy atom. The molecule has 5 heteroatoms.